The summed E-state index contributed by atoms with van der Waals surface area (Å²) < 4.78 is 27.0. The molecule has 1 amide bonds. The zero-order chi connectivity index (χ0) is 26.7. The van der Waals surface area contributed by atoms with Gasteiger partial charge in [0.25, 0.3) is 11.8 Å². The van der Waals surface area contributed by atoms with Crippen LogP contribution in [0.15, 0.2) is 72.5 Å². The SMILES string of the molecule is CN(C)CC1=CC(NC(=O)c2n[nH]c3ccc(-c4cncc(CN5CCC(F)(F)CC5)c4)cc23)=CNC=C1. The Balaban J connectivity index is 1.34. The molecule has 3 aromatic rings. The highest BCUT2D eigenvalue weighted by Crippen LogP contribution is 2.29. The largest absolute Gasteiger partial charge is 0.366 e. The lowest BCUT2D eigenvalue weighted by Gasteiger charge is -2.31. The van der Waals surface area contributed by atoms with E-state index in [9.17, 15) is 13.6 Å². The molecule has 1 fully saturated rings. The fourth-order valence-electron chi connectivity index (χ4n) is 4.70. The van der Waals surface area contributed by atoms with Gasteiger partial charge < -0.3 is 15.5 Å². The maximum absolute atomic E-state index is 13.5. The molecule has 2 aliphatic rings. The molecule has 0 unspecified atom stereocenters. The van der Waals surface area contributed by atoms with Crippen LogP contribution in [0.4, 0.5) is 8.78 Å². The van der Waals surface area contributed by atoms with Crippen molar-refractivity contribution >= 4 is 16.8 Å². The van der Waals surface area contributed by atoms with E-state index in [2.05, 4.69) is 30.7 Å². The van der Waals surface area contributed by atoms with Gasteiger partial charge in [-0.05, 0) is 61.1 Å². The second-order valence-electron chi connectivity index (χ2n) is 10.1. The molecular weight excluding hydrogens is 488 g/mol. The van der Waals surface area contributed by atoms with Gasteiger partial charge in [0.15, 0.2) is 5.69 Å². The number of hydrogen-bond donors (Lipinski definition) is 3. The Morgan fingerprint density at radius 1 is 1.16 bits per heavy atom. The molecule has 0 aliphatic carbocycles. The molecule has 4 heterocycles. The number of allylic oxidation sites excluding steroid dienone is 1. The molecular formula is C28H31F2N7O. The van der Waals surface area contributed by atoms with Crippen molar-refractivity contribution in [2.75, 3.05) is 33.7 Å². The van der Waals surface area contributed by atoms with Gasteiger partial charge in [0.05, 0.1) is 11.2 Å². The third-order valence-electron chi connectivity index (χ3n) is 6.63. The zero-order valence-electron chi connectivity index (χ0n) is 21.5. The van der Waals surface area contributed by atoms with Crippen molar-refractivity contribution in [3.8, 4) is 11.1 Å². The van der Waals surface area contributed by atoms with Gasteiger partial charge in [0, 0.05) is 74.8 Å². The van der Waals surface area contributed by atoms with E-state index in [0.29, 0.717) is 36.4 Å². The van der Waals surface area contributed by atoms with Gasteiger partial charge in [-0.2, -0.15) is 5.10 Å². The first kappa shape index (κ1) is 25.7. The van der Waals surface area contributed by atoms with Crippen LogP contribution in [0.3, 0.4) is 0 Å². The lowest BCUT2D eigenvalue weighted by atomic mass is 10.0. The van der Waals surface area contributed by atoms with Crippen LogP contribution in [0, 0.1) is 0 Å². The summed E-state index contributed by atoms with van der Waals surface area (Å²) in [5, 5.41) is 13.9. The van der Waals surface area contributed by atoms with Crippen LogP contribution in [0.1, 0.15) is 28.9 Å². The fourth-order valence-corrected chi connectivity index (χ4v) is 4.70. The van der Waals surface area contributed by atoms with Crippen molar-refractivity contribution in [1.29, 1.82) is 0 Å². The average molecular weight is 520 g/mol. The number of carbonyl (C=O) groups is 1. The van der Waals surface area contributed by atoms with Gasteiger partial charge >= 0.3 is 0 Å². The second kappa shape index (κ2) is 10.8. The summed E-state index contributed by atoms with van der Waals surface area (Å²) in [6.45, 7) is 2.03. The molecule has 0 spiro atoms. The van der Waals surface area contributed by atoms with Gasteiger partial charge in [-0.3, -0.25) is 19.8 Å². The molecule has 8 nitrogen and oxygen atoms in total. The summed E-state index contributed by atoms with van der Waals surface area (Å²) >= 11 is 0. The van der Waals surface area contributed by atoms with Crippen LogP contribution in [-0.4, -0.2) is 70.5 Å². The van der Waals surface area contributed by atoms with Gasteiger partial charge in [0.1, 0.15) is 0 Å². The van der Waals surface area contributed by atoms with Crippen molar-refractivity contribution in [3.63, 3.8) is 0 Å². The van der Waals surface area contributed by atoms with Crippen LogP contribution in [0.25, 0.3) is 22.0 Å². The van der Waals surface area contributed by atoms with Crippen molar-refractivity contribution in [2.45, 2.75) is 25.3 Å². The minimum Gasteiger partial charge on any atom is -0.366 e. The Bertz CT molecular complexity index is 1410. The number of halogens is 2. The second-order valence-corrected chi connectivity index (χ2v) is 10.1. The Labute approximate surface area is 220 Å². The maximum atomic E-state index is 13.5. The smallest absolute Gasteiger partial charge is 0.276 e. The molecule has 2 aliphatic heterocycles. The number of aromatic nitrogens is 3. The molecule has 5 rings (SSSR count). The molecule has 0 atom stereocenters. The Morgan fingerprint density at radius 2 is 1.97 bits per heavy atom. The molecule has 38 heavy (non-hydrogen) atoms. The molecule has 2 aromatic heterocycles. The van der Waals surface area contributed by atoms with Crippen molar-refractivity contribution < 1.29 is 13.6 Å². The lowest BCUT2D eigenvalue weighted by Crippen LogP contribution is -2.38. The van der Waals surface area contributed by atoms with Gasteiger partial charge in [-0.1, -0.05) is 6.07 Å². The molecule has 0 radical (unpaired) electrons. The van der Waals surface area contributed by atoms with Gasteiger partial charge in [0.2, 0.25) is 0 Å². The molecule has 3 N–H and O–H groups in total. The summed E-state index contributed by atoms with van der Waals surface area (Å²) in [6.07, 6.45) is 10.8. The third-order valence-corrected chi connectivity index (χ3v) is 6.63. The zero-order valence-corrected chi connectivity index (χ0v) is 21.5. The summed E-state index contributed by atoms with van der Waals surface area (Å²) in [5.41, 5.74) is 5.46. The molecule has 198 valence electrons. The molecule has 1 aromatic carbocycles. The number of piperidine rings is 1. The normalized spacial score (nSPS) is 17.6. The molecule has 10 heteroatoms. The van der Waals surface area contributed by atoms with E-state index in [1.165, 1.54) is 0 Å². The molecule has 1 saturated heterocycles. The minimum absolute atomic E-state index is 0.113. The average Bonchev–Trinajstić information content (AvgIpc) is 3.19. The quantitative estimate of drug-likeness (QED) is 0.437. The topological polar surface area (TPSA) is 89.2 Å². The standard InChI is InChI=1S/C28H31F2N7O/c1-36(2)17-19-5-8-31-16-23(12-19)33-27(38)26-24-13-21(3-4-25(24)34-35-26)22-11-20(14-32-15-22)18-37-9-6-28(29,30)7-10-37/h3-5,8,11-16,31H,6-7,9-10,17-18H2,1-2H3,(H,33,38)(H,34,35). The van der Waals surface area contributed by atoms with Crippen LogP contribution < -0.4 is 10.6 Å². The van der Waals surface area contributed by atoms with E-state index in [4.69, 9.17) is 0 Å². The Kier molecular flexibility index (Phi) is 7.35. The van der Waals surface area contributed by atoms with Crippen molar-refractivity contribution in [2.24, 2.45) is 0 Å². The number of carbonyl (C=O) groups excluding carboxylic acids is 1. The van der Waals surface area contributed by atoms with Crippen LogP contribution in [-0.2, 0) is 6.54 Å². The first-order valence-electron chi connectivity index (χ1n) is 12.6. The predicted octanol–water partition coefficient (Wildman–Crippen LogP) is 4.03. The van der Waals surface area contributed by atoms with Gasteiger partial charge in [-0.25, -0.2) is 8.78 Å². The minimum atomic E-state index is -2.56. The van der Waals surface area contributed by atoms with Gasteiger partial charge in [-0.15, -0.1) is 0 Å². The molecule has 0 saturated carbocycles. The first-order valence-corrected chi connectivity index (χ1v) is 12.6. The number of nitrogens with one attached hydrogen (secondary N) is 3. The first-order chi connectivity index (χ1) is 18.3. The number of benzene rings is 1. The van der Waals surface area contributed by atoms with Crippen molar-refractivity contribution in [3.05, 3.63) is 83.7 Å². The highest BCUT2D eigenvalue weighted by Gasteiger charge is 2.33. The summed E-state index contributed by atoms with van der Waals surface area (Å²) in [4.78, 5) is 21.7. The van der Waals surface area contributed by atoms with Crippen LogP contribution in [0.5, 0.6) is 0 Å². The van der Waals surface area contributed by atoms with E-state index in [1.54, 1.807) is 18.6 Å². The van der Waals surface area contributed by atoms with Crippen LogP contribution >= 0.6 is 0 Å². The van der Waals surface area contributed by atoms with E-state index < -0.39 is 5.92 Å². The number of hydrogen-bond acceptors (Lipinski definition) is 6. The number of amides is 1. The number of likely N-dealkylation sites (N-methyl/N-ethyl adjacent to an activating group) is 1. The number of fused-ring (bicyclic) bond motifs is 1. The maximum Gasteiger partial charge on any atom is 0.276 e. The van der Waals surface area contributed by atoms with E-state index in [1.807, 2.05) is 61.6 Å². The summed E-state index contributed by atoms with van der Waals surface area (Å²) in [5.74, 6) is -2.89. The highest BCUT2D eigenvalue weighted by atomic mass is 19.3. The fraction of sp³-hybridized carbons (Fsp3) is 0.321. The van der Waals surface area contributed by atoms with Crippen LogP contribution in [0.2, 0.25) is 0 Å². The summed E-state index contributed by atoms with van der Waals surface area (Å²) in [7, 11) is 3.98. The monoisotopic (exact) mass is 519 g/mol. The Morgan fingerprint density at radius 3 is 2.76 bits per heavy atom. The third kappa shape index (κ3) is 6.15. The number of H-pyrrole nitrogens is 1. The number of likely N-dealkylation sites (tertiary alicyclic amines) is 1. The van der Waals surface area contributed by atoms with Crippen molar-refractivity contribution in [1.82, 2.24) is 35.6 Å². The molecule has 0 bridgehead atoms. The number of pyridine rings is 1. The highest BCUT2D eigenvalue weighted by molar-refractivity contribution is 6.06. The number of nitrogens with zero attached hydrogens (tertiary/aromatic N) is 4. The lowest BCUT2D eigenvalue weighted by molar-refractivity contribution is -0.0566. The summed E-state index contributed by atoms with van der Waals surface area (Å²) in [6, 6.07) is 7.78. The van der Waals surface area contributed by atoms with E-state index in [-0.39, 0.29) is 18.7 Å². The van der Waals surface area contributed by atoms with E-state index in [0.717, 1.165) is 34.3 Å². The van der Waals surface area contributed by atoms with E-state index >= 15 is 0 Å². The Hall–Kier alpha value is -3.89. The predicted molar refractivity (Wildman–Crippen MR) is 143 cm³/mol. The number of alkyl halides is 2. The number of aromatic amines is 1. The number of rotatable bonds is 7.